The molecule has 14 heavy (non-hydrogen) atoms. The second-order valence-electron chi connectivity index (χ2n) is 2.59. The van der Waals surface area contributed by atoms with Crippen molar-refractivity contribution in [1.29, 1.82) is 0 Å². The molecule has 80 valence electrons. The molecule has 0 spiro atoms. The summed E-state index contributed by atoms with van der Waals surface area (Å²) in [4.78, 5) is 0. The Morgan fingerprint density at radius 1 is 1.14 bits per heavy atom. The second kappa shape index (κ2) is 7.79. The highest BCUT2D eigenvalue weighted by Crippen LogP contribution is 2.17. The zero-order valence-corrected chi connectivity index (χ0v) is 9.22. The van der Waals surface area contributed by atoms with Gasteiger partial charge in [0, 0.05) is 6.61 Å². The Morgan fingerprint density at radius 3 is 2.64 bits per heavy atom. The Morgan fingerprint density at radius 2 is 1.93 bits per heavy atom. The second-order valence-corrected chi connectivity index (χ2v) is 3.50. The highest BCUT2D eigenvalue weighted by molar-refractivity contribution is 7.11. The number of hydrogen-bond acceptors (Lipinski definition) is 4. The molecule has 4 heteroatoms. The zero-order chi connectivity index (χ0) is 10.1. The van der Waals surface area contributed by atoms with Crippen LogP contribution in [0.25, 0.3) is 0 Å². The van der Waals surface area contributed by atoms with Crippen molar-refractivity contribution in [3.05, 3.63) is 17.5 Å². The van der Waals surface area contributed by atoms with Crippen LogP contribution >= 0.6 is 11.3 Å². The molecule has 0 aliphatic rings. The van der Waals surface area contributed by atoms with Gasteiger partial charge in [-0.05, 0) is 24.4 Å². The van der Waals surface area contributed by atoms with Crippen molar-refractivity contribution < 1.29 is 14.2 Å². The molecular formula is C10H16O3S. The number of hydrogen-bond donors (Lipinski definition) is 0. The molecule has 0 aromatic carbocycles. The van der Waals surface area contributed by atoms with Crippen molar-refractivity contribution in [3.63, 3.8) is 0 Å². The van der Waals surface area contributed by atoms with E-state index in [1.807, 2.05) is 24.4 Å². The first-order valence-electron chi connectivity index (χ1n) is 4.75. The molecule has 0 atom stereocenters. The summed E-state index contributed by atoms with van der Waals surface area (Å²) in [6.07, 6.45) is 0. The van der Waals surface area contributed by atoms with Crippen LogP contribution in [0.2, 0.25) is 0 Å². The number of thiophene rings is 1. The molecule has 0 aliphatic heterocycles. The van der Waals surface area contributed by atoms with Crippen molar-refractivity contribution in [1.82, 2.24) is 0 Å². The molecule has 3 nitrogen and oxygen atoms in total. The van der Waals surface area contributed by atoms with E-state index < -0.39 is 0 Å². The predicted octanol–water partition coefficient (Wildman–Crippen LogP) is 2.18. The van der Waals surface area contributed by atoms with Gasteiger partial charge in [0.2, 0.25) is 0 Å². The molecule has 0 bridgehead atoms. The van der Waals surface area contributed by atoms with E-state index in [1.165, 1.54) is 0 Å². The van der Waals surface area contributed by atoms with Crippen LogP contribution in [0.15, 0.2) is 17.5 Å². The van der Waals surface area contributed by atoms with Crippen molar-refractivity contribution in [2.45, 2.75) is 6.92 Å². The first-order chi connectivity index (χ1) is 6.93. The molecule has 0 aliphatic carbocycles. The minimum absolute atomic E-state index is 0.604. The van der Waals surface area contributed by atoms with Gasteiger partial charge in [0.05, 0.1) is 19.8 Å². The standard InChI is InChI=1S/C10H16O3S/c1-2-11-5-6-12-7-8-13-10-4-3-9-14-10/h3-4,9H,2,5-8H2,1H3. The minimum Gasteiger partial charge on any atom is -0.482 e. The maximum atomic E-state index is 5.41. The summed E-state index contributed by atoms with van der Waals surface area (Å²) in [7, 11) is 0. The highest BCUT2D eigenvalue weighted by Gasteiger charge is 1.93. The van der Waals surface area contributed by atoms with Gasteiger partial charge in [-0.25, -0.2) is 0 Å². The average molecular weight is 216 g/mol. The van der Waals surface area contributed by atoms with Crippen molar-refractivity contribution in [2.75, 3.05) is 33.0 Å². The van der Waals surface area contributed by atoms with E-state index in [2.05, 4.69) is 0 Å². The van der Waals surface area contributed by atoms with Crippen LogP contribution in [-0.2, 0) is 9.47 Å². The quantitative estimate of drug-likeness (QED) is 0.623. The van der Waals surface area contributed by atoms with Crippen LogP contribution in [-0.4, -0.2) is 33.0 Å². The first kappa shape index (κ1) is 11.5. The third-order valence-electron chi connectivity index (χ3n) is 1.54. The highest BCUT2D eigenvalue weighted by atomic mass is 32.1. The van der Waals surface area contributed by atoms with Gasteiger partial charge in [-0.2, -0.15) is 0 Å². The molecule has 0 unspecified atom stereocenters. The smallest absolute Gasteiger partial charge is 0.173 e. The third kappa shape index (κ3) is 5.21. The normalized spacial score (nSPS) is 10.4. The van der Waals surface area contributed by atoms with Crippen LogP contribution in [0.3, 0.4) is 0 Å². The Hall–Kier alpha value is -0.580. The van der Waals surface area contributed by atoms with Crippen LogP contribution in [0.1, 0.15) is 6.92 Å². The van der Waals surface area contributed by atoms with E-state index in [1.54, 1.807) is 11.3 Å². The van der Waals surface area contributed by atoms with Crippen LogP contribution in [0, 0.1) is 0 Å². The molecule has 0 amide bonds. The number of rotatable bonds is 8. The summed E-state index contributed by atoms with van der Waals surface area (Å²) in [5.41, 5.74) is 0. The van der Waals surface area contributed by atoms with Gasteiger partial charge in [-0.1, -0.05) is 0 Å². The van der Waals surface area contributed by atoms with E-state index in [4.69, 9.17) is 14.2 Å². The van der Waals surface area contributed by atoms with E-state index in [9.17, 15) is 0 Å². The van der Waals surface area contributed by atoms with Gasteiger partial charge < -0.3 is 14.2 Å². The van der Waals surface area contributed by atoms with Crippen molar-refractivity contribution >= 4 is 11.3 Å². The summed E-state index contributed by atoms with van der Waals surface area (Å²) in [6, 6.07) is 3.92. The maximum absolute atomic E-state index is 5.41. The molecule has 0 fully saturated rings. The molecule has 0 radical (unpaired) electrons. The fourth-order valence-corrected chi connectivity index (χ4v) is 1.51. The molecule has 0 saturated heterocycles. The summed E-state index contributed by atoms with van der Waals surface area (Å²) < 4.78 is 15.8. The zero-order valence-electron chi connectivity index (χ0n) is 8.40. The number of ether oxygens (including phenoxy) is 3. The molecule has 1 aromatic rings. The third-order valence-corrected chi connectivity index (χ3v) is 2.32. The molecule has 1 aromatic heterocycles. The topological polar surface area (TPSA) is 27.7 Å². The van der Waals surface area contributed by atoms with Crippen LogP contribution in [0.5, 0.6) is 5.06 Å². The minimum atomic E-state index is 0.604. The largest absolute Gasteiger partial charge is 0.482 e. The van der Waals surface area contributed by atoms with E-state index in [-0.39, 0.29) is 0 Å². The van der Waals surface area contributed by atoms with Gasteiger partial charge in [-0.3, -0.25) is 0 Å². The first-order valence-corrected chi connectivity index (χ1v) is 5.63. The van der Waals surface area contributed by atoms with E-state index >= 15 is 0 Å². The van der Waals surface area contributed by atoms with E-state index in [0.29, 0.717) is 26.4 Å². The van der Waals surface area contributed by atoms with Gasteiger partial charge >= 0.3 is 0 Å². The van der Waals surface area contributed by atoms with Crippen molar-refractivity contribution in [3.8, 4) is 5.06 Å². The Bertz CT molecular complexity index is 211. The average Bonchev–Trinajstić information content (AvgIpc) is 2.69. The van der Waals surface area contributed by atoms with Gasteiger partial charge in [0.25, 0.3) is 0 Å². The van der Waals surface area contributed by atoms with Crippen LogP contribution < -0.4 is 4.74 Å². The Labute approximate surface area is 88.6 Å². The maximum Gasteiger partial charge on any atom is 0.173 e. The lowest BCUT2D eigenvalue weighted by atomic mass is 10.6. The Kier molecular flexibility index (Phi) is 6.40. The van der Waals surface area contributed by atoms with Crippen LogP contribution in [0.4, 0.5) is 0 Å². The van der Waals surface area contributed by atoms with E-state index in [0.717, 1.165) is 11.7 Å². The van der Waals surface area contributed by atoms with Gasteiger partial charge in [0.15, 0.2) is 5.06 Å². The molecule has 0 N–H and O–H groups in total. The molecular weight excluding hydrogens is 200 g/mol. The fraction of sp³-hybridized carbons (Fsp3) is 0.600. The molecule has 1 heterocycles. The molecule has 1 rings (SSSR count). The summed E-state index contributed by atoms with van der Waals surface area (Å²) in [5, 5.41) is 2.93. The van der Waals surface area contributed by atoms with Crippen molar-refractivity contribution in [2.24, 2.45) is 0 Å². The Balaban J connectivity index is 1.85. The van der Waals surface area contributed by atoms with Gasteiger partial charge in [0.1, 0.15) is 6.61 Å². The summed E-state index contributed by atoms with van der Waals surface area (Å²) in [6.45, 7) is 5.24. The van der Waals surface area contributed by atoms with Gasteiger partial charge in [-0.15, -0.1) is 11.3 Å². The SMILES string of the molecule is CCOCCOCCOc1cccs1. The lowest BCUT2D eigenvalue weighted by Crippen LogP contribution is -2.10. The fourth-order valence-electron chi connectivity index (χ4n) is 0.911. The monoisotopic (exact) mass is 216 g/mol. The summed E-state index contributed by atoms with van der Waals surface area (Å²) in [5.74, 6) is 0. The lowest BCUT2D eigenvalue weighted by molar-refractivity contribution is 0.0409. The molecule has 0 saturated carbocycles. The predicted molar refractivity (Wildman–Crippen MR) is 57.1 cm³/mol. The summed E-state index contributed by atoms with van der Waals surface area (Å²) >= 11 is 1.59. The lowest BCUT2D eigenvalue weighted by Gasteiger charge is -2.05.